The number of benzene rings is 1. The van der Waals surface area contributed by atoms with Crippen molar-refractivity contribution in [2.45, 2.75) is 32.4 Å². The number of rotatable bonds is 2. The number of amides is 1. The number of ether oxygens (including phenoxy) is 1. The van der Waals surface area contributed by atoms with Crippen molar-refractivity contribution in [3.05, 3.63) is 29.8 Å². The summed E-state index contributed by atoms with van der Waals surface area (Å²) in [6.07, 6.45) is 2.63. The molecule has 2 N–H and O–H groups in total. The van der Waals surface area contributed by atoms with Crippen LogP contribution in [-0.4, -0.2) is 34.6 Å². The SMILES string of the molecule is CC1(C)[C@H](NC(=O)c2cc(F)cc3[nH]cnc23)[C@H]2CCO[C@@H]21. The van der Waals surface area contributed by atoms with Crippen LogP contribution in [0, 0.1) is 17.2 Å². The summed E-state index contributed by atoms with van der Waals surface area (Å²) in [5, 5.41) is 3.06. The second-order valence-corrected chi connectivity index (χ2v) is 6.77. The number of H-pyrrole nitrogens is 1. The molecule has 2 aliphatic rings. The zero-order valence-electron chi connectivity index (χ0n) is 12.5. The molecule has 3 atom stereocenters. The number of hydrogen-bond donors (Lipinski definition) is 2. The van der Waals surface area contributed by atoms with Gasteiger partial charge in [-0.25, -0.2) is 9.37 Å². The molecule has 4 rings (SSSR count). The molecule has 1 saturated heterocycles. The standard InChI is InChI=1S/C16H18FN3O2/c1-16(2)13(9-3-4-22-14(9)16)20-15(21)10-5-8(17)6-11-12(10)19-7-18-11/h5-7,9,13-14H,3-4H2,1-2H3,(H,18,19)(H,20,21)/t9-,13-,14+/m1/s1. The van der Waals surface area contributed by atoms with Gasteiger partial charge in [-0.3, -0.25) is 4.79 Å². The van der Waals surface area contributed by atoms with E-state index < -0.39 is 5.82 Å². The molecule has 0 unspecified atom stereocenters. The average Bonchev–Trinajstić information content (AvgIpc) is 3.10. The van der Waals surface area contributed by atoms with E-state index in [0.717, 1.165) is 13.0 Å². The zero-order valence-corrected chi connectivity index (χ0v) is 12.5. The molecule has 6 heteroatoms. The lowest BCUT2D eigenvalue weighted by Crippen LogP contribution is -2.66. The van der Waals surface area contributed by atoms with Crippen molar-refractivity contribution in [2.24, 2.45) is 11.3 Å². The van der Waals surface area contributed by atoms with Gasteiger partial charge in [-0.05, 0) is 18.6 Å². The van der Waals surface area contributed by atoms with Crippen molar-refractivity contribution >= 4 is 16.9 Å². The third-order valence-electron chi connectivity index (χ3n) is 5.12. The molecule has 1 aromatic carbocycles. The summed E-state index contributed by atoms with van der Waals surface area (Å²) < 4.78 is 19.4. The molecule has 22 heavy (non-hydrogen) atoms. The lowest BCUT2D eigenvalue weighted by atomic mass is 9.57. The van der Waals surface area contributed by atoms with Crippen LogP contribution in [0.2, 0.25) is 0 Å². The highest BCUT2D eigenvalue weighted by Gasteiger charge is 2.59. The van der Waals surface area contributed by atoms with Crippen molar-refractivity contribution in [3.63, 3.8) is 0 Å². The lowest BCUT2D eigenvalue weighted by molar-refractivity contribution is -0.108. The Morgan fingerprint density at radius 2 is 2.32 bits per heavy atom. The van der Waals surface area contributed by atoms with Crippen LogP contribution >= 0.6 is 0 Å². The molecule has 2 heterocycles. The fourth-order valence-electron chi connectivity index (χ4n) is 4.02. The highest BCUT2D eigenvalue weighted by Crippen LogP contribution is 2.52. The third kappa shape index (κ3) is 1.80. The number of imidazole rings is 1. The molecule has 1 aliphatic carbocycles. The summed E-state index contributed by atoms with van der Waals surface area (Å²) in [5.74, 6) is -0.376. The van der Waals surface area contributed by atoms with Crippen molar-refractivity contribution < 1.29 is 13.9 Å². The van der Waals surface area contributed by atoms with Gasteiger partial charge in [0.2, 0.25) is 0 Å². The van der Waals surface area contributed by atoms with Crippen molar-refractivity contribution in [1.29, 1.82) is 0 Å². The summed E-state index contributed by atoms with van der Waals surface area (Å²) in [4.78, 5) is 19.6. The van der Waals surface area contributed by atoms with Gasteiger partial charge in [0.05, 0.1) is 23.5 Å². The number of carbonyl (C=O) groups is 1. The molecule has 1 amide bonds. The minimum atomic E-state index is -0.447. The number of nitrogens with zero attached hydrogens (tertiary/aromatic N) is 1. The van der Waals surface area contributed by atoms with E-state index in [1.165, 1.54) is 18.5 Å². The van der Waals surface area contributed by atoms with Crippen LogP contribution in [0.5, 0.6) is 0 Å². The summed E-state index contributed by atoms with van der Waals surface area (Å²) in [7, 11) is 0. The molecule has 1 aliphatic heterocycles. The van der Waals surface area contributed by atoms with Gasteiger partial charge in [0, 0.05) is 24.0 Å². The van der Waals surface area contributed by atoms with Crippen LogP contribution in [0.3, 0.4) is 0 Å². The number of aromatic amines is 1. The number of hydrogen-bond acceptors (Lipinski definition) is 3. The maximum absolute atomic E-state index is 13.7. The highest BCUT2D eigenvalue weighted by atomic mass is 19.1. The first-order valence-corrected chi connectivity index (χ1v) is 7.53. The Hall–Kier alpha value is -1.95. The van der Waals surface area contributed by atoms with Crippen molar-refractivity contribution in [1.82, 2.24) is 15.3 Å². The largest absolute Gasteiger partial charge is 0.377 e. The quantitative estimate of drug-likeness (QED) is 0.894. The molecule has 5 nitrogen and oxygen atoms in total. The Morgan fingerprint density at radius 1 is 1.50 bits per heavy atom. The lowest BCUT2D eigenvalue weighted by Gasteiger charge is -2.54. The van der Waals surface area contributed by atoms with E-state index in [1.807, 2.05) is 0 Å². The predicted molar refractivity (Wildman–Crippen MR) is 78.9 cm³/mol. The number of fused-ring (bicyclic) bond motifs is 2. The van der Waals surface area contributed by atoms with Gasteiger partial charge in [0.25, 0.3) is 5.91 Å². The minimum absolute atomic E-state index is 0.0461. The van der Waals surface area contributed by atoms with Gasteiger partial charge in [0.1, 0.15) is 11.3 Å². The molecule has 2 aromatic rings. The van der Waals surface area contributed by atoms with Crippen molar-refractivity contribution in [3.8, 4) is 0 Å². The zero-order chi connectivity index (χ0) is 15.5. The number of aromatic nitrogens is 2. The molecular formula is C16H18FN3O2. The van der Waals surface area contributed by atoms with Crippen LogP contribution in [0.1, 0.15) is 30.6 Å². The van der Waals surface area contributed by atoms with Crippen molar-refractivity contribution in [2.75, 3.05) is 6.61 Å². The Kier molecular flexibility index (Phi) is 2.81. The van der Waals surface area contributed by atoms with Crippen LogP contribution < -0.4 is 5.32 Å². The highest BCUT2D eigenvalue weighted by molar-refractivity contribution is 6.05. The second-order valence-electron chi connectivity index (χ2n) is 6.77. The molecular weight excluding hydrogens is 285 g/mol. The number of nitrogens with one attached hydrogen (secondary N) is 2. The summed E-state index contributed by atoms with van der Waals surface area (Å²) in [5.41, 5.74) is 1.19. The average molecular weight is 303 g/mol. The van der Waals surface area contributed by atoms with E-state index >= 15 is 0 Å². The van der Waals surface area contributed by atoms with Crippen LogP contribution in [0.4, 0.5) is 4.39 Å². The molecule has 2 fully saturated rings. The van der Waals surface area contributed by atoms with Gasteiger partial charge in [-0.1, -0.05) is 13.8 Å². The van der Waals surface area contributed by atoms with E-state index in [4.69, 9.17) is 4.74 Å². The molecule has 116 valence electrons. The monoisotopic (exact) mass is 303 g/mol. The molecule has 0 bridgehead atoms. The van der Waals surface area contributed by atoms with Gasteiger partial charge in [-0.15, -0.1) is 0 Å². The van der Waals surface area contributed by atoms with Gasteiger partial charge in [-0.2, -0.15) is 0 Å². The first-order chi connectivity index (χ1) is 10.5. The first-order valence-electron chi connectivity index (χ1n) is 7.53. The smallest absolute Gasteiger partial charge is 0.253 e. The third-order valence-corrected chi connectivity index (χ3v) is 5.12. The normalized spacial score (nSPS) is 29.1. The van der Waals surface area contributed by atoms with E-state index in [1.54, 1.807) is 0 Å². The summed E-state index contributed by atoms with van der Waals surface area (Å²) >= 11 is 0. The molecule has 1 saturated carbocycles. The van der Waals surface area contributed by atoms with Crippen LogP contribution in [-0.2, 0) is 4.74 Å². The fraction of sp³-hybridized carbons (Fsp3) is 0.500. The molecule has 0 spiro atoms. The minimum Gasteiger partial charge on any atom is -0.377 e. The van der Waals surface area contributed by atoms with E-state index in [-0.39, 0.29) is 29.0 Å². The summed E-state index contributed by atoms with van der Waals surface area (Å²) in [6, 6.07) is 2.63. The van der Waals surface area contributed by atoms with E-state index in [0.29, 0.717) is 17.0 Å². The fourth-order valence-corrected chi connectivity index (χ4v) is 4.02. The Labute approximate surface area is 127 Å². The Morgan fingerprint density at radius 3 is 3.14 bits per heavy atom. The number of carbonyl (C=O) groups excluding carboxylic acids is 1. The second kappa shape index (κ2) is 4.52. The first kappa shape index (κ1) is 13.7. The summed E-state index contributed by atoms with van der Waals surface area (Å²) in [6.45, 7) is 4.94. The topological polar surface area (TPSA) is 67.0 Å². The van der Waals surface area contributed by atoms with Gasteiger partial charge in [0.15, 0.2) is 0 Å². The van der Waals surface area contributed by atoms with E-state index in [2.05, 4.69) is 29.1 Å². The van der Waals surface area contributed by atoms with Gasteiger partial charge >= 0.3 is 0 Å². The van der Waals surface area contributed by atoms with Crippen LogP contribution in [0.25, 0.3) is 11.0 Å². The Bertz CT molecular complexity index is 755. The predicted octanol–water partition coefficient (Wildman–Crippen LogP) is 2.25. The van der Waals surface area contributed by atoms with Gasteiger partial charge < -0.3 is 15.0 Å². The number of halogens is 1. The maximum atomic E-state index is 13.7. The molecule has 0 radical (unpaired) electrons. The Balaban J connectivity index is 1.63. The van der Waals surface area contributed by atoms with E-state index in [9.17, 15) is 9.18 Å². The maximum Gasteiger partial charge on any atom is 0.253 e. The van der Waals surface area contributed by atoms with Crippen LogP contribution in [0.15, 0.2) is 18.5 Å². The molecule has 1 aromatic heterocycles.